The molecule has 0 saturated heterocycles. The van der Waals surface area contributed by atoms with E-state index in [0.717, 1.165) is 12.3 Å². The van der Waals surface area contributed by atoms with Crippen molar-refractivity contribution in [3.8, 4) is 11.1 Å². The summed E-state index contributed by atoms with van der Waals surface area (Å²) in [5, 5.41) is 3.25. The second-order valence-corrected chi connectivity index (χ2v) is 14.8. The van der Waals surface area contributed by atoms with Gasteiger partial charge in [-0.25, -0.2) is 0 Å². The molecular weight excluding hydrogens is 485 g/mol. The lowest BCUT2D eigenvalue weighted by atomic mass is 9.96. The molecular formula is C38H53Si. The van der Waals surface area contributed by atoms with Crippen molar-refractivity contribution in [1.29, 1.82) is 0 Å². The second-order valence-electron chi connectivity index (χ2n) is 12.2. The van der Waals surface area contributed by atoms with E-state index in [-0.39, 0.29) is 0 Å². The zero-order valence-corrected chi connectivity index (χ0v) is 26.0. The zero-order valence-electron chi connectivity index (χ0n) is 25.0. The first-order chi connectivity index (χ1) is 19.3. The van der Waals surface area contributed by atoms with Gasteiger partial charge in [0.1, 0.15) is 8.80 Å². The van der Waals surface area contributed by atoms with Crippen molar-refractivity contribution in [1.82, 2.24) is 0 Å². The average molecular weight is 538 g/mol. The van der Waals surface area contributed by atoms with Gasteiger partial charge < -0.3 is 0 Å². The highest BCUT2D eigenvalue weighted by atomic mass is 28.3. The smallest absolute Gasteiger partial charge is 0.0654 e. The van der Waals surface area contributed by atoms with Crippen LogP contribution in [-0.4, -0.2) is 8.80 Å². The average Bonchev–Trinajstić information content (AvgIpc) is 3.36. The summed E-state index contributed by atoms with van der Waals surface area (Å²) in [7, 11) is -0.766. The zero-order chi connectivity index (χ0) is 27.1. The molecule has 0 amide bonds. The highest BCUT2D eigenvalue weighted by molar-refractivity contribution is 6.85. The van der Waals surface area contributed by atoms with E-state index in [0.29, 0.717) is 0 Å². The van der Waals surface area contributed by atoms with E-state index in [1.54, 1.807) is 15.9 Å². The Hall–Kier alpha value is -2.12. The van der Waals surface area contributed by atoms with Gasteiger partial charge in [0.05, 0.1) is 0 Å². The second kappa shape index (κ2) is 16.9. The van der Waals surface area contributed by atoms with Gasteiger partial charge in [0.25, 0.3) is 0 Å². The van der Waals surface area contributed by atoms with Gasteiger partial charge >= 0.3 is 0 Å². The molecule has 0 heterocycles. The molecule has 209 valence electrons. The van der Waals surface area contributed by atoms with Crippen LogP contribution in [0.3, 0.4) is 0 Å². The molecule has 0 spiro atoms. The third-order valence-electron chi connectivity index (χ3n) is 8.97. The first-order valence-electron chi connectivity index (χ1n) is 16.4. The van der Waals surface area contributed by atoms with Gasteiger partial charge in [0.15, 0.2) is 0 Å². The monoisotopic (exact) mass is 537 g/mol. The summed E-state index contributed by atoms with van der Waals surface area (Å²) < 4.78 is 0. The molecule has 1 unspecified atom stereocenters. The van der Waals surface area contributed by atoms with Gasteiger partial charge in [-0.05, 0) is 34.6 Å². The fraction of sp³-hybridized carbons (Fsp3) is 0.526. The number of fused-ring (bicyclic) bond motifs is 3. The van der Waals surface area contributed by atoms with Gasteiger partial charge in [0, 0.05) is 0 Å². The first-order valence-corrected chi connectivity index (χ1v) is 18.1. The molecule has 0 aromatic heterocycles. The van der Waals surface area contributed by atoms with E-state index in [1.807, 2.05) is 0 Å². The molecule has 3 aromatic carbocycles. The standard InChI is InChI=1S/C38H53Si/c1-3-4-5-6-7-10-14-22-32(2)23-15-11-8-9-12-20-30-39(34-25-16-13-17-26-34)38-29-21-28-36-35-27-19-18-24-33(35)31-37(36)38/h13,16-19,21,24-29,32H,3-12,14-15,20,22-23,30-31H2,1-2H3. The molecule has 4 rings (SSSR count). The summed E-state index contributed by atoms with van der Waals surface area (Å²) >= 11 is 0. The van der Waals surface area contributed by atoms with E-state index < -0.39 is 8.80 Å². The van der Waals surface area contributed by atoms with E-state index >= 15 is 0 Å². The third-order valence-corrected chi connectivity index (χ3v) is 12.0. The summed E-state index contributed by atoms with van der Waals surface area (Å²) in [5.41, 5.74) is 6.07. The van der Waals surface area contributed by atoms with Crippen molar-refractivity contribution in [3.63, 3.8) is 0 Å². The predicted molar refractivity (Wildman–Crippen MR) is 175 cm³/mol. The molecule has 1 atom stereocenters. The van der Waals surface area contributed by atoms with E-state index in [9.17, 15) is 0 Å². The van der Waals surface area contributed by atoms with Gasteiger partial charge in [-0.2, -0.15) is 0 Å². The number of benzene rings is 3. The van der Waals surface area contributed by atoms with Crippen LogP contribution in [-0.2, 0) is 6.42 Å². The summed E-state index contributed by atoms with van der Waals surface area (Å²) in [5.74, 6) is 0.926. The maximum absolute atomic E-state index is 2.49. The van der Waals surface area contributed by atoms with Crippen molar-refractivity contribution in [2.45, 2.75) is 123 Å². The SMILES string of the molecule is CCCCCCCCCC(C)CCCCCCCC[Si](c1ccccc1)c1cccc2c1Cc1ccccc1-2. The fourth-order valence-electron chi connectivity index (χ4n) is 6.61. The normalized spacial score (nSPS) is 13.0. The molecule has 0 nitrogen and oxygen atoms in total. The van der Waals surface area contributed by atoms with Crippen LogP contribution in [0.5, 0.6) is 0 Å². The lowest BCUT2D eigenvalue weighted by Gasteiger charge is -2.19. The third kappa shape index (κ3) is 9.21. The maximum Gasteiger partial charge on any atom is 0.121 e. The number of rotatable bonds is 19. The molecule has 1 heteroatoms. The fourth-order valence-corrected chi connectivity index (χ4v) is 9.56. The van der Waals surface area contributed by atoms with Crippen molar-refractivity contribution in [3.05, 3.63) is 83.9 Å². The Morgan fingerprint density at radius 2 is 1.18 bits per heavy atom. The Morgan fingerprint density at radius 1 is 0.590 bits per heavy atom. The Morgan fingerprint density at radius 3 is 1.90 bits per heavy atom. The molecule has 0 aliphatic heterocycles. The molecule has 0 bridgehead atoms. The molecule has 0 N–H and O–H groups in total. The quantitative estimate of drug-likeness (QED) is 0.0824. The van der Waals surface area contributed by atoms with Gasteiger partial charge in [-0.15, -0.1) is 0 Å². The Kier molecular flexibility index (Phi) is 12.9. The minimum atomic E-state index is -0.766. The Bertz CT molecular complexity index is 1080. The van der Waals surface area contributed by atoms with Crippen LogP contribution < -0.4 is 10.4 Å². The Balaban J connectivity index is 1.17. The summed E-state index contributed by atoms with van der Waals surface area (Å²) in [6, 6.07) is 29.0. The molecule has 0 saturated carbocycles. The lowest BCUT2D eigenvalue weighted by molar-refractivity contribution is 0.431. The molecule has 1 aliphatic rings. The van der Waals surface area contributed by atoms with Crippen LogP contribution in [0, 0.1) is 5.92 Å². The van der Waals surface area contributed by atoms with Crippen molar-refractivity contribution in [2.24, 2.45) is 5.92 Å². The van der Waals surface area contributed by atoms with Crippen molar-refractivity contribution < 1.29 is 0 Å². The molecule has 1 radical (unpaired) electrons. The van der Waals surface area contributed by atoms with Crippen LogP contribution in [0.2, 0.25) is 6.04 Å². The minimum absolute atomic E-state index is 0.766. The van der Waals surface area contributed by atoms with Crippen LogP contribution >= 0.6 is 0 Å². The van der Waals surface area contributed by atoms with Crippen LogP contribution in [0.1, 0.15) is 121 Å². The summed E-state index contributed by atoms with van der Waals surface area (Å²) in [6.45, 7) is 4.79. The molecule has 0 fully saturated rings. The van der Waals surface area contributed by atoms with Crippen molar-refractivity contribution in [2.75, 3.05) is 0 Å². The first kappa shape index (κ1) is 29.8. The van der Waals surface area contributed by atoms with Gasteiger partial charge in [-0.3, -0.25) is 0 Å². The van der Waals surface area contributed by atoms with Gasteiger partial charge in [0.2, 0.25) is 0 Å². The summed E-state index contributed by atoms with van der Waals surface area (Å²) in [6.07, 6.45) is 22.5. The minimum Gasteiger partial charge on any atom is -0.0654 e. The van der Waals surface area contributed by atoms with Gasteiger partial charge in [-0.1, -0.05) is 199 Å². The Labute approximate surface area is 242 Å². The maximum atomic E-state index is 2.49. The highest BCUT2D eigenvalue weighted by Gasteiger charge is 2.26. The van der Waals surface area contributed by atoms with Crippen LogP contribution in [0.15, 0.2) is 72.8 Å². The number of hydrogen-bond acceptors (Lipinski definition) is 0. The number of hydrogen-bond donors (Lipinski definition) is 0. The van der Waals surface area contributed by atoms with Crippen LogP contribution in [0.25, 0.3) is 11.1 Å². The lowest BCUT2D eigenvalue weighted by Crippen LogP contribution is -2.43. The highest BCUT2D eigenvalue weighted by Crippen LogP contribution is 2.35. The van der Waals surface area contributed by atoms with Crippen molar-refractivity contribution >= 4 is 19.2 Å². The molecule has 3 aromatic rings. The van der Waals surface area contributed by atoms with Crippen LogP contribution in [0.4, 0.5) is 0 Å². The molecule has 39 heavy (non-hydrogen) atoms. The topological polar surface area (TPSA) is 0 Å². The largest absolute Gasteiger partial charge is 0.121 e. The molecule has 1 aliphatic carbocycles. The number of unbranched alkanes of at least 4 members (excludes halogenated alkanes) is 11. The van der Waals surface area contributed by atoms with E-state index in [4.69, 9.17) is 0 Å². The van der Waals surface area contributed by atoms with E-state index in [1.165, 1.54) is 119 Å². The van der Waals surface area contributed by atoms with E-state index in [2.05, 4.69) is 86.6 Å². The predicted octanol–water partition coefficient (Wildman–Crippen LogP) is 10.4. The summed E-state index contributed by atoms with van der Waals surface area (Å²) in [4.78, 5) is 0.